The number of hydrogen-bond acceptors (Lipinski definition) is 6. The minimum atomic E-state index is -0.664. The molecule has 0 spiro atoms. The zero-order chi connectivity index (χ0) is 21.6. The molecule has 1 atom stereocenters. The maximum atomic E-state index is 14.2. The molecule has 2 aromatic carbocycles. The summed E-state index contributed by atoms with van der Waals surface area (Å²) in [6, 6.07) is 14.3. The van der Waals surface area contributed by atoms with E-state index in [2.05, 4.69) is 14.8 Å². The van der Waals surface area contributed by atoms with Gasteiger partial charge in [-0.15, -0.1) is 0 Å². The molecule has 1 aliphatic heterocycles. The first-order valence-electron chi connectivity index (χ1n) is 10.6. The second kappa shape index (κ2) is 10.2. The van der Waals surface area contributed by atoms with Crippen LogP contribution in [-0.4, -0.2) is 83.6 Å². The molecule has 7 heteroatoms. The molecule has 3 aromatic rings. The molecule has 1 aromatic heterocycles. The first-order chi connectivity index (χ1) is 15.1. The second-order valence-electron chi connectivity index (χ2n) is 7.92. The van der Waals surface area contributed by atoms with Crippen molar-refractivity contribution < 1.29 is 19.3 Å². The lowest BCUT2D eigenvalue weighted by Crippen LogP contribution is -2.49. The highest BCUT2D eigenvalue weighted by atomic mass is 19.1. The lowest BCUT2D eigenvalue weighted by atomic mass is 10.0. The Morgan fingerprint density at radius 1 is 1.00 bits per heavy atom. The van der Waals surface area contributed by atoms with Gasteiger partial charge in [0.25, 0.3) is 0 Å². The highest BCUT2D eigenvalue weighted by Gasteiger charge is 2.19. The van der Waals surface area contributed by atoms with Crippen LogP contribution >= 0.6 is 0 Å². The Balaban J connectivity index is 1.36. The van der Waals surface area contributed by atoms with Crippen molar-refractivity contribution in [1.82, 2.24) is 14.8 Å². The quantitative estimate of drug-likeness (QED) is 0.578. The van der Waals surface area contributed by atoms with Crippen LogP contribution in [0.25, 0.3) is 22.0 Å². The molecule has 0 bridgehead atoms. The van der Waals surface area contributed by atoms with Crippen LogP contribution in [0.2, 0.25) is 0 Å². The van der Waals surface area contributed by atoms with Crippen LogP contribution in [0.1, 0.15) is 0 Å². The molecule has 0 saturated carbocycles. The molecule has 0 radical (unpaired) electrons. The van der Waals surface area contributed by atoms with Crippen LogP contribution in [0.4, 0.5) is 4.39 Å². The number of halogens is 1. The summed E-state index contributed by atoms with van der Waals surface area (Å²) >= 11 is 0. The zero-order valence-electron chi connectivity index (χ0n) is 17.5. The predicted molar refractivity (Wildman–Crippen MR) is 119 cm³/mol. The van der Waals surface area contributed by atoms with Crippen LogP contribution in [0.15, 0.2) is 54.7 Å². The highest BCUT2D eigenvalue weighted by molar-refractivity contribution is 5.84. The Labute approximate surface area is 181 Å². The van der Waals surface area contributed by atoms with Crippen molar-refractivity contribution in [1.29, 1.82) is 0 Å². The van der Waals surface area contributed by atoms with E-state index in [-0.39, 0.29) is 19.0 Å². The minimum absolute atomic E-state index is 0.0986. The maximum absolute atomic E-state index is 14.2. The summed E-state index contributed by atoms with van der Waals surface area (Å²) < 4.78 is 20.0. The molecule has 2 heterocycles. The highest BCUT2D eigenvalue weighted by Crippen LogP contribution is 2.28. The van der Waals surface area contributed by atoms with E-state index in [0.29, 0.717) is 18.8 Å². The van der Waals surface area contributed by atoms with E-state index in [1.807, 2.05) is 30.3 Å². The Bertz CT molecular complexity index is 1010. The van der Waals surface area contributed by atoms with Gasteiger partial charge in [-0.1, -0.05) is 12.1 Å². The lowest BCUT2D eigenvalue weighted by molar-refractivity contribution is 0.0428. The van der Waals surface area contributed by atoms with Crippen molar-refractivity contribution in [3.63, 3.8) is 0 Å². The molecule has 1 fully saturated rings. The van der Waals surface area contributed by atoms with Crippen molar-refractivity contribution in [3.8, 4) is 16.9 Å². The summed E-state index contributed by atoms with van der Waals surface area (Å²) in [5.74, 6) is 0.0152. The molecule has 164 valence electrons. The number of benzene rings is 2. The summed E-state index contributed by atoms with van der Waals surface area (Å²) in [5.41, 5.74) is 2.49. The van der Waals surface area contributed by atoms with Crippen LogP contribution in [-0.2, 0) is 0 Å². The number of aromatic nitrogens is 1. The molecule has 1 saturated heterocycles. The van der Waals surface area contributed by atoms with Crippen molar-refractivity contribution in [2.45, 2.75) is 6.10 Å². The van der Waals surface area contributed by atoms with Crippen LogP contribution in [0, 0.1) is 5.82 Å². The molecule has 0 aliphatic carbocycles. The molecule has 0 amide bonds. The standard InChI is InChI=1S/C24H28FN3O3/c25-21-13-20(18-3-4-24-19(12-18)2-1-5-26-24)14-23(15-21)31-17-22(30)16-28-8-6-27(7-9-28)10-11-29/h1-5,12-15,22,29-30H,6-11,16-17H2. The van der Waals surface area contributed by atoms with Gasteiger partial charge in [-0.25, -0.2) is 4.39 Å². The van der Waals surface area contributed by atoms with Crippen LogP contribution < -0.4 is 4.74 Å². The molecule has 6 nitrogen and oxygen atoms in total. The smallest absolute Gasteiger partial charge is 0.127 e. The second-order valence-corrected chi connectivity index (χ2v) is 7.92. The average molecular weight is 426 g/mol. The van der Waals surface area contributed by atoms with Gasteiger partial charge < -0.3 is 14.9 Å². The Morgan fingerprint density at radius 2 is 1.81 bits per heavy atom. The fraction of sp³-hybridized carbons (Fsp3) is 0.375. The van der Waals surface area contributed by atoms with E-state index in [4.69, 9.17) is 9.84 Å². The monoisotopic (exact) mass is 425 g/mol. The number of nitrogens with zero attached hydrogens (tertiary/aromatic N) is 3. The van der Waals surface area contributed by atoms with E-state index in [0.717, 1.165) is 48.2 Å². The number of piperazine rings is 1. The zero-order valence-corrected chi connectivity index (χ0v) is 17.5. The van der Waals surface area contributed by atoms with Gasteiger partial charge in [0.05, 0.1) is 12.1 Å². The van der Waals surface area contributed by atoms with Crippen LogP contribution in [0.3, 0.4) is 0 Å². The number of β-amino-alcohol motifs (C(OH)–C–C–N with tert-alkyl or cyclic N) is 2. The number of ether oxygens (including phenoxy) is 1. The molecule has 1 unspecified atom stereocenters. The maximum Gasteiger partial charge on any atom is 0.127 e. The van der Waals surface area contributed by atoms with Gasteiger partial charge in [0.2, 0.25) is 0 Å². The first kappa shape index (κ1) is 21.6. The fourth-order valence-electron chi connectivity index (χ4n) is 3.95. The normalized spacial score (nSPS) is 16.5. The van der Waals surface area contributed by atoms with E-state index in [1.54, 1.807) is 12.3 Å². The fourth-order valence-corrected chi connectivity index (χ4v) is 3.95. The summed E-state index contributed by atoms with van der Waals surface area (Å²) in [4.78, 5) is 8.70. The van der Waals surface area contributed by atoms with Crippen molar-refractivity contribution in [2.75, 3.05) is 52.5 Å². The van der Waals surface area contributed by atoms with E-state index < -0.39 is 6.10 Å². The molecule has 1 aliphatic rings. The Morgan fingerprint density at radius 3 is 2.61 bits per heavy atom. The summed E-state index contributed by atoms with van der Waals surface area (Å²) in [6.45, 7) is 4.91. The third-order valence-electron chi connectivity index (χ3n) is 5.60. The topological polar surface area (TPSA) is 69.1 Å². The van der Waals surface area contributed by atoms with Gasteiger partial charge in [0.15, 0.2) is 0 Å². The summed E-state index contributed by atoms with van der Waals surface area (Å²) in [6.07, 6.45) is 1.08. The number of aliphatic hydroxyl groups excluding tert-OH is 2. The third-order valence-corrected chi connectivity index (χ3v) is 5.60. The first-order valence-corrected chi connectivity index (χ1v) is 10.6. The van der Waals surface area contributed by atoms with Gasteiger partial charge in [-0.2, -0.15) is 0 Å². The van der Waals surface area contributed by atoms with E-state index in [9.17, 15) is 9.50 Å². The number of fused-ring (bicyclic) bond motifs is 1. The largest absolute Gasteiger partial charge is 0.491 e. The van der Waals surface area contributed by atoms with Crippen molar-refractivity contribution in [2.24, 2.45) is 0 Å². The average Bonchev–Trinajstić information content (AvgIpc) is 2.78. The van der Waals surface area contributed by atoms with Crippen molar-refractivity contribution in [3.05, 3.63) is 60.5 Å². The van der Waals surface area contributed by atoms with Gasteiger partial charge in [0, 0.05) is 56.9 Å². The van der Waals surface area contributed by atoms with Gasteiger partial charge in [-0.05, 0) is 41.5 Å². The van der Waals surface area contributed by atoms with Crippen LogP contribution in [0.5, 0.6) is 5.75 Å². The van der Waals surface area contributed by atoms with Gasteiger partial charge in [-0.3, -0.25) is 14.8 Å². The third kappa shape index (κ3) is 5.77. The molecule has 4 rings (SSSR count). The number of rotatable bonds is 8. The minimum Gasteiger partial charge on any atom is -0.491 e. The Hall–Kier alpha value is -2.58. The lowest BCUT2D eigenvalue weighted by Gasteiger charge is -2.35. The SMILES string of the molecule is OCCN1CCN(CC(O)COc2cc(F)cc(-c3ccc4ncccc4c3)c2)CC1. The van der Waals surface area contributed by atoms with E-state index >= 15 is 0 Å². The number of hydrogen-bond donors (Lipinski definition) is 2. The molecular weight excluding hydrogens is 397 g/mol. The molecular formula is C24H28FN3O3. The summed E-state index contributed by atoms with van der Waals surface area (Å²) in [7, 11) is 0. The number of aliphatic hydroxyl groups is 2. The van der Waals surface area contributed by atoms with Gasteiger partial charge in [0.1, 0.15) is 24.3 Å². The predicted octanol–water partition coefficient (Wildman–Crippen LogP) is 2.39. The molecule has 31 heavy (non-hydrogen) atoms. The van der Waals surface area contributed by atoms with E-state index in [1.165, 1.54) is 12.1 Å². The number of pyridine rings is 1. The van der Waals surface area contributed by atoms with Gasteiger partial charge >= 0.3 is 0 Å². The van der Waals surface area contributed by atoms with Crippen molar-refractivity contribution >= 4 is 10.9 Å². The Kier molecular flexibility index (Phi) is 7.09. The molecule has 2 N–H and O–H groups in total. The summed E-state index contributed by atoms with van der Waals surface area (Å²) in [5, 5.41) is 20.4.